The summed E-state index contributed by atoms with van der Waals surface area (Å²) in [6.07, 6.45) is 0.341. The first-order chi connectivity index (χ1) is 5.74. The van der Waals surface area contributed by atoms with Gasteiger partial charge in [0.1, 0.15) is 6.54 Å². The third-order valence-corrected chi connectivity index (χ3v) is 1.69. The molecule has 0 unspecified atom stereocenters. The first kappa shape index (κ1) is 8.83. The van der Waals surface area contributed by atoms with Crippen molar-refractivity contribution >= 4 is 12.0 Å². The van der Waals surface area contributed by atoms with Crippen LogP contribution in [0.5, 0.6) is 0 Å². The second-order valence-corrected chi connectivity index (χ2v) is 2.60. The molecule has 1 N–H and O–H groups in total. The van der Waals surface area contributed by atoms with E-state index in [1.54, 1.807) is 0 Å². The van der Waals surface area contributed by atoms with E-state index >= 15 is 0 Å². The molecule has 1 rings (SSSR count). The maximum Gasteiger partial charge on any atom is 0.409 e. The zero-order valence-electron chi connectivity index (χ0n) is 7.00. The summed E-state index contributed by atoms with van der Waals surface area (Å²) in [4.78, 5) is 23.3. The molecule has 0 aromatic rings. The van der Waals surface area contributed by atoms with Crippen molar-refractivity contribution < 1.29 is 14.3 Å². The first-order valence-corrected chi connectivity index (χ1v) is 3.83. The maximum absolute atomic E-state index is 11.0. The quantitative estimate of drug-likeness (QED) is 0.539. The Kier molecular flexibility index (Phi) is 2.90. The fraction of sp³-hybridized carbons (Fsp3) is 0.714. The van der Waals surface area contributed by atoms with Crippen molar-refractivity contribution in [2.75, 3.05) is 26.7 Å². The topological polar surface area (TPSA) is 58.6 Å². The number of hydrogen-bond acceptors (Lipinski definition) is 3. The average Bonchev–Trinajstić information content (AvgIpc) is 2.28. The fourth-order valence-corrected chi connectivity index (χ4v) is 1.09. The van der Waals surface area contributed by atoms with Crippen LogP contribution in [0.3, 0.4) is 0 Å². The molecule has 0 aliphatic carbocycles. The van der Waals surface area contributed by atoms with Gasteiger partial charge < -0.3 is 10.1 Å². The number of rotatable bonds is 0. The molecule has 0 saturated carbocycles. The third-order valence-electron chi connectivity index (χ3n) is 1.69. The summed E-state index contributed by atoms with van der Waals surface area (Å²) >= 11 is 0. The van der Waals surface area contributed by atoms with Gasteiger partial charge in [0.25, 0.3) is 0 Å². The van der Waals surface area contributed by atoms with E-state index in [0.717, 1.165) is 6.42 Å². The highest BCUT2D eigenvalue weighted by atomic mass is 16.5. The standard InChI is InChI=1S/C7H12N2O3/c1-12-7(11)9-4-2-3-8-6(10)5-9/h2-5H2,1H3,(H,8,10). The Hall–Kier alpha value is -1.26. The van der Waals surface area contributed by atoms with Crippen molar-refractivity contribution in [1.82, 2.24) is 10.2 Å². The van der Waals surface area contributed by atoms with Crippen molar-refractivity contribution in [3.05, 3.63) is 0 Å². The minimum absolute atomic E-state index is 0.104. The monoisotopic (exact) mass is 172 g/mol. The predicted octanol–water partition coefficient (Wildman–Crippen LogP) is -0.425. The average molecular weight is 172 g/mol. The van der Waals surface area contributed by atoms with E-state index in [-0.39, 0.29) is 12.5 Å². The summed E-state index contributed by atoms with van der Waals surface area (Å²) in [5.74, 6) is -0.127. The number of nitrogens with zero attached hydrogens (tertiary/aromatic N) is 1. The molecule has 1 saturated heterocycles. The number of amides is 2. The van der Waals surface area contributed by atoms with E-state index in [1.165, 1.54) is 12.0 Å². The van der Waals surface area contributed by atoms with Gasteiger partial charge in [0.05, 0.1) is 7.11 Å². The summed E-state index contributed by atoms with van der Waals surface area (Å²) in [6.45, 7) is 1.31. The molecule has 0 aromatic heterocycles. The fourth-order valence-electron chi connectivity index (χ4n) is 1.09. The molecule has 0 radical (unpaired) electrons. The van der Waals surface area contributed by atoms with E-state index in [1.807, 2.05) is 0 Å². The zero-order chi connectivity index (χ0) is 8.97. The molecule has 0 atom stereocenters. The molecule has 1 aliphatic rings. The minimum atomic E-state index is -0.438. The number of methoxy groups -OCH3 is 1. The molecule has 68 valence electrons. The lowest BCUT2D eigenvalue weighted by atomic mass is 10.4. The van der Waals surface area contributed by atoms with Crippen LogP contribution in [-0.2, 0) is 9.53 Å². The maximum atomic E-state index is 11.0. The van der Waals surface area contributed by atoms with Gasteiger partial charge in [-0.25, -0.2) is 4.79 Å². The molecule has 0 bridgehead atoms. The van der Waals surface area contributed by atoms with Gasteiger partial charge in [-0.3, -0.25) is 9.69 Å². The summed E-state index contributed by atoms with van der Waals surface area (Å²) in [7, 11) is 1.31. The molecule has 1 heterocycles. The summed E-state index contributed by atoms with van der Waals surface area (Å²) in [5, 5.41) is 2.67. The Morgan fingerprint density at radius 3 is 3.08 bits per heavy atom. The SMILES string of the molecule is COC(=O)N1CCCNC(=O)C1. The van der Waals surface area contributed by atoms with Crippen LogP contribution in [0.2, 0.25) is 0 Å². The normalized spacial score (nSPS) is 18.1. The Bertz CT molecular complexity index is 193. The Morgan fingerprint density at radius 1 is 1.67 bits per heavy atom. The molecule has 0 aromatic carbocycles. The van der Waals surface area contributed by atoms with Crippen LogP contribution in [0.15, 0.2) is 0 Å². The van der Waals surface area contributed by atoms with Gasteiger partial charge in [0.15, 0.2) is 0 Å². The van der Waals surface area contributed by atoms with Crippen molar-refractivity contribution in [2.45, 2.75) is 6.42 Å². The van der Waals surface area contributed by atoms with Crippen LogP contribution in [0.1, 0.15) is 6.42 Å². The van der Waals surface area contributed by atoms with Crippen molar-refractivity contribution in [2.24, 2.45) is 0 Å². The number of ether oxygens (including phenoxy) is 1. The molecule has 12 heavy (non-hydrogen) atoms. The predicted molar refractivity (Wildman–Crippen MR) is 41.6 cm³/mol. The second kappa shape index (κ2) is 3.94. The van der Waals surface area contributed by atoms with E-state index in [9.17, 15) is 9.59 Å². The van der Waals surface area contributed by atoms with Crippen molar-refractivity contribution in [3.8, 4) is 0 Å². The van der Waals surface area contributed by atoms with Crippen molar-refractivity contribution in [3.63, 3.8) is 0 Å². The zero-order valence-corrected chi connectivity index (χ0v) is 7.00. The van der Waals surface area contributed by atoms with Crippen LogP contribution >= 0.6 is 0 Å². The molecule has 2 amide bonds. The summed E-state index contributed by atoms with van der Waals surface area (Å²) in [5.41, 5.74) is 0. The van der Waals surface area contributed by atoms with Gasteiger partial charge >= 0.3 is 6.09 Å². The number of hydrogen-bond donors (Lipinski definition) is 1. The Balaban J connectivity index is 2.51. The molecule has 5 heteroatoms. The van der Waals surface area contributed by atoms with Crippen LogP contribution in [0, 0.1) is 0 Å². The number of carbonyl (C=O) groups excluding carboxylic acids is 2. The Morgan fingerprint density at radius 2 is 2.42 bits per heavy atom. The number of carbonyl (C=O) groups is 2. The van der Waals surface area contributed by atoms with Crippen LogP contribution < -0.4 is 5.32 Å². The molecule has 1 fully saturated rings. The summed E-state index contributed by atoms with van der Waals surface area (Å²) in [6, 6.07) is 0. The van der Waals surface area contributed by atoms with E-state index < -0.39 is 6.09 Å². The second-order valence-electron chi connectivity index (χ2n) is 2.60. The molecule has 0 spiro atoms. The smallest absolute Gasteiger partial charge is 0.409 e. The van der Waals surface area contributed by atoms with E-state index in [4.69, 9.17) is 0 Å². The number of nitrogens with one attached hydrogen (secondary N) is 1. The van der Waals surface area contributed by atoms with Gasteiger partial charge in [-0.1, -0.05) is 0 Å². The van der Waals surface area contributed by atoms with Gasteiger partial charge in [-0.05, 0) is 6.42 Å². The van der Waals surface area contributed by atoms with Gasteiger partial charge in [0, 0.05) is 13.1 Å². The molecular formula is C7H12N2O3. The lowest BCUT2D eigenvalue weighted by Crippen LogP contribution is -2.37. The largest absolute Gasteiger partial charge is 0.453 e. The molecule has 1 aliphatic heterocycles. The minimum Gasteiger partial charge on any atom is -0.453 e. The van der Waals surface area contributed by atoms with Gasteiger partial charge in [-0.15, -0.1) is 0 Å². The van der Waals surface area contributed by atoms with Crippen molar-refractivity contribution in [1.29, 1.82) is 0 Å². The lowest BCUT2D eigenvalue weighted by molar-refractivity contribution is -0.121. The highest BCUT2D eigenvalue weighted by Gasteiger charge is 2.19. The highest BCUT2D eigenvalue weighted by molar-refractivity contribution is 5.82. The van der Waals surface area contributed by atoms with Crippen LogP contribution in [-0.4, -0.2) is 43.6 Å². The summed E-state index contributed by atoms with van der Waals surface area (Å²) < 4.78 is 4.50. The van der Waals surface area contributed by atoms with Gasteiger partial charge in [-0.2, -0.15) is 0 Å². The highest BCUT2D eigenvalue weighted by Crippen LogP contribution is 1.98. The third kappa shape index (κ3) is 2.11. The van der Waals surface area contributed by atoms with Crippen LogP contribution in [0.4, 0.5) is 4.79 Å². The molecular weight excluding hydrogens is 160 g/mol. The van der Waals surface area contributed by atoms with Gasteiger partial charge in [0.2, 0.25) is 5.91 Å². The van der Waals surface area contributed by atoms with Crippen LogP contribution in [0.25, 0.3) is 0 Å². The molecule has 5 nitrogen and oxygen atoms in total. The van der Waals surface area contributed by atoms with E-state index in [0.29, 0.717) is 13.1 Å². The van der Waals surface area contributed by atoms with E-state index in [2.05, 4.69) is 10.1 Å². The first-order valence-electron chi connectivity index (χ1n) is 3.83. The lowest BCUT2D eigenvalue weighted by Gasteiger charge is -2.16. The Labute approximate surface area is 70.7 Å².